The first-order valence-corrected chi connectivity index (χ1v) is 6.35. The van der Waals surface area contributed by atoms with Crippen LogP contribution in [0.25, 0.3) is 0 Å². The third-order valence-corrected chi connectivity index (χ3v) is 3.92. The van der Waals surface area contributed by atoms with Gasteiger partial charge in [0.05, 0.1) is 12.1 Å². The molecule has 0 bridgehead atoms. The van der Waals surface area contributed by atoms with E-state index in [1.807, 2.05) is 0 Å². The van der Waals surface area contributed by atoms with Crippen molar-refractivity contribution in [3.8, 4) is 0 Å². The first-order valence-electron chi connectivity index (χ1n) is 6.35. The van der Waals surface area contributed by atoms with E-state index in [0.29, 0.717) is 13.1 Å². The number of hydrogen-bond donors (Lipinski definition) is 1. The SMILES string of the molecule is CN1CCN(C(=O)C2(N)CCCCC2)CC1=O. The molecule has 1 saturated carbocycles. The highest BCUT2D eigenvalue weighted by Gasteiger charge is 2.40. The van der Waals surface area contributed by atoms with Crippen molar-refractivity contribution in [1.82, 2.24) is 9.80 Å². The third-order valence-electron chi connectivity index (χ3n) is 3.92. The maximum Gasteiger partial charge on any atom is 0.243 e. The van der Waals surface area contributed by atoms with Gasteiger partial charge in [-0.05, 0) is 12.8 Å². The number of piperazine rings is 1. The van der Waals surface area contributed by atoms with Crippen LogP contribution in [0.5, 0.6) is 0 Å². The molecule has 96 valence electrons. The van der Waals surface area contributed by atoms with Gasteiger partial charge in [0.15, 0.2) is 0 Å². The Morgan fingerprint density at radius 2 is 1.88 bits per heavy atom. The fraction of sp³-hybridized carbons (Fsp3) is 0.833. The molecule has 2 aliphatic rings. The summed E-state index contributed by atoms with van der Waals surface area (Å²) in [7, 11) is 1.77. The molecule has 0 unspecified atom stereocenters. The lowest BCUT2D eigenvalue weighted by Gasteiger charge is -2.39. The summed E-state index contributed by atoms with van der Waals surface area (Å²) in [4.78, 5) is 27.2. The molecule has 0 radical (unpaired) electrons. The summed E-state index contributed by atoms with van der Waals surface area (Å²) in [6.45, 7) is 1.41. The van der Waals surface area contributed by atoms with Crippen molar-refractivity contribution in [3.05, 3.63) is 0 Å². The van der Waals surface area contributed by atoms with Gasteiger partial charge in [-0.25, -0.2) is 0 Å². The zero-order valence-electron chi connectivity index (χ0n) is 10.4. The fourth-order valence-electron chi connectivity index (χ4n) is 2.64. The lowest BCUT2D eigenvalue weighted by molar-refractivity contribution is -0.148. The Balaban J connectivity index is 2.02. The Kier molecular flexibility index (Phi) is 3.38. The van der Waals surface area contributed by atoms with Gasteiger partial charge in [-0.1, -0.05) is 19.3 Å². The molecule has 2 N–H and O–H groups in total. The number of nitrogens with zero attached hydrogens (tertiary/aromatic N) is 2. The highest BCUT2D eigenvalue weighted by molar-refractivity contribution is 5.91. The van der Waals surface area contributed by atoms with Crippen LogP contribution in [-0.4, -0.2) is 53.8 Å². The number of rotatable bonds is 1. The highest BCUT2D eigenvalue weighted by atomic mass is 16.2. The molecule has 0 atom stereocenters. The van der Waals surface area contributed by atoms with Crippen molar-refractivity contribution in [2.75, 3.05) is 26.7 Å². The molecule has 1 heterocycles. The summed E-state index contributed by atoms with van der Waals surface area (Å²) in [5.41, 5.74) is 5.48. The molecular weight excluding hydrogens is 218 g/mol. The van der Waals surface area contributed by atoms with Gasteiger partial charge in [0.2, 0.25) is 11.8 Å². The van der Waals surface area contributed by atoms with Crippen LogP contribution in [0.1, 0.15) is 32.1 Å². The topological polar surface area (TPSA) is 66.6 Å². The lowest BCUT2D eigenvalue weighted by Crippen LogP contribution is -2.61. The van der Waals surface area contributed by atoms with E-state index in [4.69, 9.17) is 5.73 Å². The zero-order valence-corrected chi connectivity index (χ0v) is 10.4. The molecule has 2 rings (SSSR count). The summed E-state index contributed by atoms with van der Waals surface area (Å²) >= 11 is 0. The van der Waals surface area contributed by atoms with Gasteiger partial charge in [0.1, 0.15) is 0 Å². The maximum absolute atomic E-state index is 12.4. The molecule has 1 aliphatic carbocycles. The van der Waals surface area contributed by atoms with Gasteiger partial charge in [-0.2, -0.15) is 0 Å². The monoisotopic (exact) mass is 239 g/mol. The van der Waals surface area contributed by atoms with E-state index in [9.17, 15) is 9.59 Å². The zero-order chi connectivity index (χ0) is 12.5. The predicted molar refractivity (Wildman–Crippen MR) is 64.2 cm³/mol. The molecular formula is C12H21N3O2. The van der Waals surface area contributed by atoms with Crippen LogP contribution in [-0.2, 0) is 9.59 Å². The predicted octanol–water partition coefficient (Wildman–Crippen LogP) is -0.0514. The maximum atomic E-state index is 12.4. The van der Waals surface area contributed by atoms with E-state index < -0.39 is 5.54 Å². The Morgan fingerprint density at radius 1 is 1.24 bits per heavy atom. The Bertz CT molecular complexity index is 324. The van der Waals surface area contributed by atoms with Crippen molar-refractivity contribution in [1.29, 1.82) is 0 Å². The number of nitrogens with two attached hydrogens (primary N) is 1. The quantitative estimate of drug-likeness (QED) is 0.697. The molecule has 0 spiro atoms. The molecule has 0 aromatic heterocycles. The summed E-state index contributed by atoms with van der Waals surface area (Å²) in [6.07, 6.45) is 4.71. The second kappa shape index (κ2) is 4.64. The average molecular weight is 239 g/mol. The van der Waals surface area contributed by atoms with E-state index in [0.717, 1.165) is 32.1 Å². The molecule has 0 aromatic carbocycles. The highest BCUT2D eigenvalue weighted by Crippen LogP contribution is 2.28. The second-order valence-corrected chi connectivity index (χ2v) is 5.26. The van der Waals surface area contributed by atoms with Crippen LogP contribution in [0.3, 0.4) is 0 Å². The molecule has 2 amide bonds. The van der Waals surface area contributed by atoms with E-state index in [1.165, 1.54) is 0 Å². The smallest absolute Gasteiger partial charge is 0.243 e. The van der Waals surface area contributed by atoms with E-state index in [-0.39, 0.29) is 18.4 Å². The van der Waals surface area contributed by atoms with E-state index >= 15 is 0 Å². The minimum Gasteiger partial charge on any atom is -0.342 e. The van der Waals surface area contributed by atoms with Crippen molar-refractivity contribution in [3.63, 3.8) is 0 Å². The molecule has 5 nitrogen and oxygen atoms in total. The number of amides is 2. The number of hydrogen-bond acceptors (Lipinski definition) is 3. The van der Waals surface area contributed by atoms with Crippen molar-refractivity contribution in [2.45, 2.75) is 37.6 Å². The standard InChI is InChI=1S/C12H21N3O2/c1-14-7-8-15(9-10(14)16)11(17)12(13)5-3-2-4-6-12/h2-9,13H2,1H3. The van der Waals surface area contributed by atoms with Crippen LogP contribution in [0, 0.1) is 0 Å². The lowest BCUT2D eigenvalue weighted by atomic mass is 9.81. The minimum atomic E-state index is -0.714. The normalized spacial score (nSPS) is 24.9. The van der Waals surface area contributed by atoms with Gasteiger partial charge in [0.25, 0.3) is 0 Å². The fourth-order valence-corrected chi connectivity index (χ4v) is 2.64. The summed E-state index contributed by atoms with van der Waals surface area (Å²) in [5.74, 6) is -0.0253. The van der Waals surface area contributed by atoms with E-state index in [1.54, 1.807) is 16.8 Å². The average Bonchev–Trinajstić information content (AvgIpc) is 2.33. The van der Waals surface area contributed by atoms with Gasteiger partial charge in [-0.15, -0.1) is 0 Å². The van der Waals surface area contributed by atoms with Crippen LogP contribution in [0.2, 0.25) is 0 Å². The van der Waals surface area contributed by atoms with Gasteiger partial charge < -0.3 is 15.5 Å². The Hall–Kier alpha value is -1.10. The van der Waals surface area contributed by atoms with Crippen molar-refractivity contribution >= 4 is 11.8 Å². The van der Waals surface area contributed by atoms with Crippen LogP contribution in [0.4, 0.5) is 0 Å². The summed E-state index contributed by atoms with van der Waals surface area (Å²) in [5, 5.41) is 0. The minimum absolute atomic E-state index is 0.00371. The molecule has 1 saturated heterocycles. The molecule has 17 heavy (non-hydrogen) atoms. The molecule has 2 fully saturated rings. The number of carbonyl (C=O) groups excluding carboxylic acids is 2. The van der Waals surface area contributed by atoms with Crippen molar-refractivity contribution < 1.29 is 9.59 Å². The van der Waals surface area contributed by atoms with E-state index in [2.05, 4.69) is 0 Å². The first-order chi connectivity index (χ1) is 8.03. The van der Waals surface area contributed by atoms with Gasteiger partial charge >= 0.3 is 0 Å². The number of likely N-dealkylation sites (N-methyl/N-ethyl adjacent to an activating group) is 1. The van der Waals surface area contributed by atoms with Gasteiger partial charge in [0, 0.05) is 20.1 Å². The Labute approximate surface area is 102 Å². The van der Waals surface area contributed by atoms with Crippen LogP contribution >= 0.6 is 0 Å². The largest absolute Gasteiger partial charge is 0.342 e. The first kappa shape index (κ1) is 12.4. The number of carbonyl (C=O) groups is 2. The van der Waals surface area contributed by atoms with Crippen LogP contribution < -0.4 is 5.73 Å². The second-order valence-electron chi connectivity index (χ2n) is 5.26. The molecule has 0 aromatic rings. The Morgan fingerprint density at radius 3 is 2.47 bits per heavy atom. The summed E-state index contributed by atoms with van der Waals surface area (Å²) < 4.78 is 0. The van der Waals surface area contributed by atoms with Gasteiger partial charge in [-0.3, -0.25) is 9.59 Å². The van der Waals surface area contributed by atoms with Crippen LogP contribution in [0.15, 0.2) is 0 Å². The molecule has 1 aliphatic heterocycles. The third kappa shape index (κ3) is 2.44. The molecule has 5 heteroatoms. The summed E-state index contributed by atoms with van der Waals surface area (Å²) in [6, 6.07) is 0. The van der Waals surface area contributed by atoms with Crippen molar-refractivity contribution in [2.24, 2.45) is 5.73 Å².